The van der Waals surface area contributed by atoms with Gasteiger partial charge in [0.15, 0.2) is 10.8 Å². The van der Waals surface area contributed by atoms with Crippen molar-refractivity contribution in [2.24, 2.45) is 0 Å². The van der Waals surface area contributed by atoms with Gasteiger partial charge < -0.3 is 4.74 Å². The lowest BCUT2D eigenvalue weighted by molar-refractivity contribution is -0.105. The van der Waals surface area contributed by atoms with Gasteiger partial charge >= 0.3 is 11.9 Å². The van der Waals surface area contributed by atoms with Crippen LogP contribution in [0.4, 0.5) is 13.2 Å². The molecule has 0 N–H and O–H groups in total. The van der Waals surface area contributed by atoms with Gasteiger partial charge in [0.25, 0.3) is 0 Å². The van der Waals surface area contributed by atoms with Crippen molar-refractivity contribution in [3.8, 4) is 0 Å². The molecule has 0 aliphatic carbocycles. The number of nitrogens with zero attached hydrogens (tertiary/aromatic N) is 4. The largest absolute Gasteiger partial charge is 0.398 e. The molecule has 0 fully saturated rings. The normalized spacial score (nSPS) is 12.2. The molecule has 0 spiro atoms. The van der Waals surface area contributed by atoms with Crippen LogP contribution in [0.2, 0.25) is 0 Å². The average molecular weight is 308 g/mol. The highest BCUT2D eigenvalue weighted by Gasteiger charge is 2.28. The lowest BCUT2D eigenvalue weighted by atomic mass is 10.5. The van der Waals surface area contributed by atoms with E-state index in [2.05, 4.69) is 10.1 Å². The molecule has 2 aromatic rings. The van der Waals surface area contributed by atoms with Crippen molar-refractivity contribution in [1.82, 2.24) is 19.2 Å². The minimum atomic E-state index is -4.34. The van der Waals surface area contributed by atoms with Gasteiger partial charge in [-0.25, -0.2) is 14.3 Å². The molecule has 6 nitrogen and oxygen atoms in total. The summed E-state index contributed by atoms with van der Waals surface area (Å²) in [5.41, 5.74) is 0.177. The second kappa shape index (κ2) is 5.44. The number of ether oxygens (including phenoxy) is 1. The number of aromatic nitrogens is 4. The van der Waals surface area contributed by atoms with Gasteiger partial charge in [-0.2, -0.15) is 22.8 Å². The van der Waals surface area contributed by atoms with Crippen LogP contribution in [-0.4, -0.2) is 38.2 Å². The van der Waals surface area contributed by atoms with Gasteiger partial charge in [0.2, 0.25) is 0 Å². The van der Waals surface area contributed by atoms with Crippen LogP contribution in [0.15, 0.2) is 16.0 Å². The number of hydrogen-bond donors (Lipinski definition) is 0. The molecular weight excluding hydrogens is 297 g/mol. The van der Waals surface area contributed by atoms with E-state index in [0.29, 0.717) is 17.5 Å². The SMILES string of the molecule is COCn1c(SCC(F)(F)F)nc2cc(C)nn2c1=O. The molecule has 0 saturated heterocycles. The van der Waals surface area contributed by atoms with Crippen LogP contribution in [0, 0.1) is 6.92 Å². The zero-order chi connectivity index (χ0) is 14.9. The Balaban J connectivity index is 2.50. The maximum atomic E-state index is 12.3. The summed E-state index contributed by atoms with van der Waals surface area (Å²) in [6.45, 7) is 1.47. The average Bonchev–Trinajstić information content (AvgIpc) is 2.71. The van der Waals surface area contributed by atoms with Crippen LogP contribution >= 0.6 is 11.8 Å². The molecule has 0 aliphatic heterocycles. The molecule has 0 amide bonds. The summed E-state index contributed by atoms with van der Waals surface area (Å²) in [4.78, 5) is 16.2. The Labute approximate surface area is 115 Å². The number of halogens is 3. The van der Waals surface area contributed by atoms with Crippen molar-refractivity contribution in [3.63, 3.8) is 0 Å². The number of fused-ring (bicyclic) bond motifs is 1. The Morgan fingerprint density at radius 2 is 2.15 bits per heavy atom. The number of thioether (sulfide) groups is 1. The van der Waals surface area contributed by atoms with Crippen molar-refractivity contribution in [2.75, 3.05) is 12.9 Å². The minimum absolute atomic E-state index is 0.0541. The molecule has 0 bridgehead atoms. The number of alkyl halides is 3. The highest BCUT2D eigenvalue weighted by molar-refractivity contribution is 7.99. The van der Waals surface area contributed by atoms with E-state index in [1.165, 1.54) is 13.2 Å². The molecular formula is C10H11F3N4O2S. The third-order valence-corrected chi connectivity index (χ3v) is 3.33. The first-order valence-corrected chi connectivity index (χ1v) is 6.46. The summed E-state index contributed by atoms with van der Waals surface area (Å²) < 4.78 is 43.7. The zero-order valence-electron chi connectivity index (χ0n) is 10.6. The third-order valence-electron chi connectivity index (χ3n) is 2.29. The van der Waals surface area contributed by atoms with Crippen LogP contribution in [0.1, 0.15) is 5.69 Å². The van der Waals surface area contributed by atoms with Crippen LogP contribution in [0.5, 0.6) is 0 Å². The molecule has 0 aliphatic rings. The number of methoxy groups -OCH3 is 1. The Morgan fingerprint density at radius 3 is 2.75 bits per heavy atom. The van der Waals surface area contributed by atoms with E-state index in [9.17, 15) is 18.0 Å². The first-order chi connectivity index (χ1) is 9.31. The van der Waals surface area contributed by atoms with Gasteiger partial charge in [-0.15, -0.1) is 0 Å². The predicted octanol–water partition coefficient (Wildman–Crippen LogP) is 1.46. The van der Waals surface area contributed by atoms with Gasteiger partial charge in [-0.3, -0.25) is 0 Å². The first-order valence-electron chi connectivity index (χ1n) is 5.47. The summed E-state index contributed by atoms with van der Waals surface area (Å²) in [7, 11) is 1.34. The summed E-state index contributed by atoms with van der Waals surface area (Å²) >= 11 is 0.438. The topological polar surface area (TPSA) is 61.4 Å². The molecule has 2 rings (SSSR count). The van der Waals surface area contributed by atoms with E-state index in [0.717, 1.165) is 9.08 Å². The predicted molar refractivity (Wildman–Crippen MR) is 65.8 cm³/mol. The third kappa shape index (κ3) is 3.12. The van der Waals surface area contributed by atoms with Crippen LogP contribution in [0.25, 0.3) is 5.65 Å². The Bertz CT molecular complexity index is 679. The van der Waals surface area contributed by atoms with Crippen LogP contribution in [-0.2, 0) is 11.5 Å². The summed E-state index contributed by atoms with van der Waals surface area (Å²) in [6.07, 6.45) is -4.34. The van der Waals surface area contributed by atoms with Gasteiger partial charge in [0, 0.05) is 13.2 Å². The summed E-state index contributed by atoms with van der Waals surface area (Å²) in [6, 6.07) is 1.52. The molecule has 20 heavy (non-hydrogen) atoms. The number of hydrogen-bond acceptors (Lipinski definition) is 5. The Morgan fingerprint density at radius 1 is 1.45 bits per heavy atom. The Kier molecular flexibility index (Phi) is 4.04. The second-order valence-corrected chi connectivity index (χ2v) is 4.92. The molecule has 0 aromatic carbocycles. The van der Waals surface area contributed by atoms with Crippen molar-refractivity contribution >= 4 is 17.4 Å². The van der Waals surface area contributed by atoms with E-state index in [-0.39, 0.29) is 17.5 Å². The minimum Gasteiger partial charge on any atom is -0.364 e. The monoisotopic (exact) mass is 308 g/mol. The van der Waals surface area contributed by atoms with Crippen molar-refractivity contribution in [2.45, 2.75) is 25.0 Å². The summed E-state index contributed by atoms with van der Waals surface area (Å²) in [5.74, 6) is -1.13. The molecule has 2 aromatic heterocycles. The van der Waals surface area contributed by atoms with E-state index in [1.807, 2.05) is 0 Å². The van der Waals surface area contributed by atoms with Gasteiger partial charge in [-0.05, 0) is 6.92 Å². The molecule has 0 radical (unpaired) electrons. The molecule has 2 heterocycles. The fraction of sp³-hybridized carbons (Fsp3) is 0.500. The fourth-order valence-electron chi connectivity index (χ4n) is 1.56. The highest BCUT2D eigenvalue weighted by atomic mass is 32.2. The Hall–Kier alpha value is -1.55. The molecule has 0 atom stereocenters. The van der Waals surface area contributed by atoms with E-state index < -0.39 is 17.6 Å². The van der Waals surface area contributed by atoms with E-state index in [1.54, 1.807) is 6.92 Å². The van der Waals surface area contributed by atoms with Crippen molar-refractivity contribution in [3.05, 3.63) is 22.2 Å². The number of aryl methyl sites for hydroxylation is 1. The van der Waals surface area contributed by atoms with Gasteiger partial charge in [0.05, 0.1) is 11.4 Å². The molecule has 0 saturated carbocycles. The molecule has 110 valence electrons. The maximum absolute atomic E-state index is 12.3. The van der Waals surface area contributed by atoms with E-state index >= 15 is 0 Å². The lowest BCUT2D eigenvalue weighted by Crippen LogP contribution is -2.30. The quantitative estimate of drug-likeness (QED) is 0.800. The van der Waals surface area contributed by atoms with Crippen LogP contribution < -0.4 is 5.69 Å². The maximum Gasteiger partial charge on any atom is 0.398 e. The first kappa shape index (κ1) is 14.9. The van der Waals surface area contributed by atoms with Crippen LogP contribution in [0.3, 0.4) is 0 Å². The molecule has 0 unspecified atom stereocenters. The zero-order valence-corrected chi connectivity index (χ0v) is 11.5. The standard InChI is InChI=1S/C10H11F3N4O2S/c1-6-3-7-14-8(20-4-10(11,12)13)16(5-19-2)9(18)17(7)15-6/h3H,4-5H2,1-2H3. The lowest BCUT2D eigenvalue weighted by Gasteiger charge is -2.11. The van der Waals surface area contributed by atoms with Gasteiger partial charge in [0.1, 0.15) is 6.73 Å². The number of rotatable bonds is 4. The second-order valence-electron chi connectivity index (χ2n) is 3.98. The summed E-state index contributed by atoms with van der Waals surface area (Å²) in [5, 5.41) is 3.89. The molecule has 10 heteroatoms. The highest BCUT2D eigenvalue weighted by Crippen LogP contribution is 2.25. The van der Waals surface area contributed by atoms with Crippen molar-refractivity contribution < 1.29 is 17.9 Å². The van der Waals surface area contributed by atoms with E-state index in [4.69, 9.17) is 4.74 Å². The van der Waals surface area contributed by atoms with Crippen molar-refractivity contribution in [1.29, 1.82) is 0 Å². The van der Waals surface area contributed by atoms with Gasteiger partial charge in [-0.1, -0.05) is 11.8 Å². The smallest absolute Gasteiger partial charge is 0.364 e. The fourth-order valence-corrected chi connectivity index (χ4v) is 2.29.